The summed E-state index contributed by atoms with van der Waals surface area (Å²) in [7, 11) is 0. The van der Waals surface area contributed by atoms with Crippen molar-refractivity contribution in [2.45, 2.75) is 69.7 Å². The van der Waals surface area contributed by atoms with Gasteiger partial charge in [-0.3, -0.25) is 5.10 Å². The molecule has 4 unspecified atom stereocenters. The van der Waals surface area contributed by atoms with Crippen LogP contribution in [0.25, 0.3) is 11.3 Å². The Kier molecular flexibility index (Phi) is 4.71. The van der Waals surface area contributed by atoms with Crippen LogP contribution < -0.4 is 5.32 Å². The molecule has 1 aliphatic heterocycles. The van der Waals surface area contributed by atoms with E-state index in [0.29, 0.717) is 46.7 Å². The van der Waals surface area contributed by atoms with Gasteiger partial charge in [-0.15, -0.1) is 0 Å². The summed E-state index contributed by atoms with van der Waals surface area (Å²) in [4.78, 5) is 0. The lowest BCUT2D eigenvalue weighted by atomic mass is 9.95. The van der Waals surface area contributed by atoms with Crippen LogP contribution in [-0.4, -0.2) is 28.4 Å². The number of hydrogen-bond donors (Lipinski definition) is 2. The van der Waals surface area contributed by atoms with Gasteiger partial charge >= 0.3 is 0 Å². The smallest absolute Gasteiger partial charge is 0.0954 e. The van der Waals surface area contributed by atoms with Gasteiger partial charge in [-0.25, -0.2) is 0 Å². The van der Waals surface area contributed by atoms with Crippen LogP contribution >= 0.6 is 23.2 Å². The first-order valence-corrected chi connectivity index (χ1v) is 10.8. The summed E-state index contributed by atoms with van der Waals surface area (Å²) in [5, 5.41) is 12.6. The summed E-state index contributed by atoms with van der Waals surface area (Å²) in [5.41, 5.74) is 3.79. The van der Waals surface area contributed by atoms with Gasteiger partial charge in [0.15, 0.2) is 0 Å². The van der Waals surface area contributed by atoms with E-state index in [4.69, 9.17) is 27.9 Å². The normalized spacial score (nSPS) is 29.6. The first-order chi connectivity index (χ1) is 13.1. The number of piperidine rings is 1. The molecule has 1 saturated heterocycles. The number of benzene rings is 1. The van der Waals surface area contributed by atoms with Crippen molar-refractivity contribution in [3.05, 3.63) is 39.5 Å². The van der Waals surface area contributed by atoms with E-state index in [1.165, 1.54) is 31.2 Å². The highest BCUT2D eigenvalue weighted by atomic mass is 35.5. The minimum Gasteiger partial charge on any atom is -0.372 e. The van der Waals surface area contributed by atoms with E-state index < -0.39 is 0 Å². The van der Waals surface area contributed by atoms with Crippen molar-refractivity contribution in [3.8, 4) is 11.3 Å². The molecule has 4 atom stereocenters. The fourth-order valence-corrected chi connectivity index (χ4v) is 5.58. The third-order valence-electron chi connectivity index (χ3n) is 6.41. The highest BCUT2D eigenvalue weighted by molar-refractivity contribution is 6.39. The molecule has 2 bridgehead atoms. The number of aromatic nitrogens is 2. The second kappa shape index (κ2) is 7.07. The van der Waals surface area contributed by atoms with Crippen molar-refractivity contribution in [2.24, 2.45) is 5.92 Å². The lowest BCUT2D eigenvalue weighted by Crippen LogP contribution is -2.42. The number of ether oxygens (including phenoxy) is 1. The summed E-state index contributed by atoms with van der Waals surface area (Å²) < 4.78 is 6.25. The third-order valence-corrected chi connectivity index (χ3v) is 7.01. The molecule has 5 rings (SSSR count). The second-order valence-electron chi connectivity index (χ2n) is 8.28. The molecule has 0 radical (unpaired) electrons. The van der Waals surface area contributed by atoms with E-state index in [2.05, 4.69) is 22.4 Å². The molecule has 1 aromatic carbocycles. The Bertz CT molecular complexity index is 825. The molecular weight excluding hydrogens is 381 g/mol. The fourth-order valence-electron chi connectivity index (χ4n) is 4.88. The number of nitrogens with one attached hydrogen (secondary N) is 2. The molecule has 2 aromatic rings. The quantitative estimate of drug-likeness (QED) is 0.684. The van der Waals surface area contributed by atoms with Gasteiger partial charge < -0.3 is 10.1 Å². The lowest BCUT2D eigenvalue weighted by molar-refractivity contribution is -0.00423. The largest absolute Gasteiger partial charge is 0.372 e. The second-order valence-corrected chi connectivity index (χ2v) is 9.09. The molecule has 2 saturated carbocycles. The Morgan fingerprint density at radius 1 is 1.15 bits per heavy atom. The van der Waals surface area contributed by atoms with Gasteiger partial charge in [-0.1, -0.05) is 30.1 Å². The van der Waals surface area contributed by atoms with E-state index >= 15 is 0 Å². The minimum absolute atomic E-state index is 0.345. The van der Waals surface area contributed by atoms with Gasteiger partial charge in [0, 0.05) is 23.6 Å². The summed E-state index contributed by atoms with van der Waals surface area (Å²) >= 11 is 13.1. The number of hydrogen-bond acceptors (Lipinski definition) is 3. The van der Waals surface area contributed by atoms with Gasteiger partial charge in [0.05, 0.1) is 34.1 Å². The molecule has 0 spiro atoms. The molecule has 2 N–H and O–H groups in total. The van der Waals surface area contributed by atoms with E-state index in [1.54, 1.807) is 0 Å². The topological polar surface area (TPSA) is 49.9 Å². The zero-order chi connectivity index (χ0) is 18.5. The summed E-state index contributed by atoms with van der Waals surface area (Å²) in [5.74, 6) is 1.27. The van der Waals surface area contributed by atoms with Gasteiger partial charge in [0.25, 0.3) is 0 Å². The van der Waals surface area contributed by atoms with Crippen molar-refractivity contribution < 1.29 is 4.74 Å². The first kappa shape index (κ1) is 18.0. The van der Waals surface area contributed by atoms with Crippen LogP contribution in [0.3, 0.4) is 0 Å². The van der Waals surface area contributed by atoms with E-state index in [0.717, 1.165) is 23.4 Å². The van der Waals surface area contributed by atoms with Crippen molar-refractivity contribution >= 4 is 23.2 Å². The third kappa shape index (κ3) is 3.42. The maximum Gasteiger partial charge on any atom is 0.0954 e. The Labute approximate surface area is 170 Å². The van der Waals surface area contributed by atoms with Crippen molar-refractivity contribution in [3.63, 3.8) is 0 Å². The Hall–Kier alpha value is -1.07. The molecule has 4 nitrogen and oxygen atoms in total. The zero-order valence-corrected chi connectivity index (χ0v) is 17.0. The van der Waals surface area contributed by atoms with Crippen molar-refractivity contribution in [1.82, 2.24) is 15.5 Å². The average Bonchev–Trinajstić information content (AvgIpc) is 3.09. The van der Waals surface area contributed by atoms with Crippen LogP contribution in [0.15, 0.2) is 18.2 Å². The maximum atomic E-state index is 6.53. The van der Waals surface area contributed by atoms with Gasteiger partial charge in [0.2, 0.25) is 0 Å². The van der Waals surface area contributed by atoms with E-state index in [9.17, 15) is 0 Å². The highest BCUT2D eigenvalue weighted by Gasteiger charge is 2.45. The molecule has 2 aliphatic carbocycles. The standard InChI is InChI=1S/C21H25Cl2N3O/c1-2-18-15-7-13(24-18)9-20(15)27-10-14-8-19(26-25-14)21-16(22)5-12(6-17(21)23)11-3-4-11/h5-6,8,11,13,15,18,20,24H,2-4,7,9-10H2,1H3,(H,25,26). The van der Waals surface area contributed by atoms with Gasteiger partial charge in [0.1, 0.15) is 0 Å². The van der Waals surface area contributed by atoms with E-state index in [1.807, 2.05) is 18.2 Å². The molecule has 6 heteroatoms. The molecule has 0 amide bonds. The number of halogens is 2. The number of H-pyrrole nitrogens is 1. The minimum atomic E-state index is 0.345. The number of rotatable bonds is 6. The number of aromatic amines is 1. The number of fused-ring (bicyclic) bond motifs is 2. The summed E-state index contributed by atoms with van der Waals surface area (Å²) in [6.07, 6.45) is 6.33. The van der Waals surface area contributed by atoms with Gasteiger partial charge in [-0.2, -0.15) is 5.10 Å². The molecule has 27 heavy (non-hydrogen) atoms. The van der Waals surface area contributed by atoms with Crippen LogP contribution in [0, 0.1) is 5.92 Å². The molecular formula is C21H25Cl2N3O. The number of nitrogens with zero attached hydrogens (tertiary/aromatic N) is 1. The SMILES string of the molecule is CCC1NC2CC(OCc3cc(-c4c(Cl)cc(C5CC5)cc4Cl)n[nH]3)C1C2. The van der Waals surface area contributed by atoms with Crippen LogP contribution in [0.2, 0.25) is 10.0 Å². The van der Waals surface area contributed by atoms with Crippen LogP contribution in [0.5, 0.6) is 0 Å². The predicted octanol–water partition coefficient (Wildman–Crippen LogP) is 5.31. The van der Waals surface area contributed by atoms with Crippen LogP contribution in [0.4, 0.5) is 0 Å². The van der Waals surface area contributed by atoms with E-state index in [-0.39, 0.29) is 0 Å². The zero-order valence-electron chi connectivity index (χ0n) is 15.5. The highest BCUT2D eigenvalue weighted by Crippen LogP contribution is 2.45. The predicted molar refractivity (Wildman–Crippen MR) is 108 cm³/mol. The monoisotopic (exact) mass is 405 g/mol. The molecule has 1 aromatic heterocycles. The van der Waals surface area contributed by atoms with Crippen molar-refractivity contribution in [1.29, 1.82) is 0 Å². The fraction of sp³-hybridized carbons (Fsp3) is 0.571. The molecule has 2 heterocycles. The molecule has 3 aliphatic rings. The Morgan fingerprint density at radius 3 is 2.59 bits per heavy atom. The van der Waals surface area contributed by atoms with Gasteiger partial charge in [-0.05, 0) is 61.8 Å². The Balaban J connectivity index is 1.28. The molecule has 3 fully saturated rings. The van der Waals surface area contributed by atoms with Crippen molar-refractivity contribution in [2.75, 3.05) is 0 Å². The average molecular weight is 406 g/mol. The summed E-state index contributed by atoms with van der Waals surface area (Å²) in [6.45, 7) is 2.80. The van der Waals surface area contributed by atoms with Crippen LogP contribution in [0.1, 0.15) is 56.2 Å². The first-order valence-electron chi connectivity index (χ1n) is 10.0. The summed E-state index contributed by atoms with van der Waals surface area (Å²) in [6, 6.07) is 7.32. The molecule has 144 valence electrons. The lowest BCUT2D eigenvalue weighted by Gasteiger charge is -2.29. The maximum absolute atomic E-state index is 6.53. The van der Waals surface area contributed by atoms with Crippen LogP contribution in [-0.2, 0) is 11.3 Å². The Morgan fingerprint density at radius 2 is 1.93 bits per heavy atom.